The van der Waals surface area contributed by atoms with Crippen molar-refractivity contribution >= 4 is 24.0 Å². The molecule has 1 spiro atoms. The molecule has 1 saturated carbocycles. The van der Waals surface area contributed by atoms with Crippen molar-refractivity contribution in [2.75, 3.05) is 19.3 Å². The van der Waals surface area contributed by atoms with Gasteiger partial charge < -0.3 is 10.8 Å². The maximum Gasteiger partial charge on any atom is 0.334 e. The molecule has 1 aliphatic heterocycles. The summed E-state index contributed by atoms with van der Waals surface area (Å²) in [4.78, 5) is 26.4. The van der Waals surface area contributed by atoms with E-state index in [0.717, 1.165) is 19.3 Å². The van der Waals surface area contributed by atoms with Gasteiger partial charge in [-0.05, 0) is 55.7 Å². The number of nitrogen functional groups attached to an aromatic ring is 1. The topological polar surface area (TPSA) is 147 Å². The van der Waals surface area contributed by atoms with Crippen LogP contribution in [-0.2, 0) is 16.5 Å². The number of nitrogens with two attached hydrogens (primary N) is 1. The molecule has 4 N–H and O–H groups in total. The second kappa shape index (κ2) is 9.75. The average Bonchev–Trinajstić information content (AvgIpc) is 2.70. The van der Waals surface area contributed by atoms with Crippen molar-refractivity contribution in [3.8, 4) is 5.88 Å². The van der Waals surface area contributed by atoms with Crippen molar-refractivity contribution in [3.63, 3.8) is 0 Å². The van der Waals surface area contributed by atoms with Gasteiger partial charge in [0.1, 0.15) is 11.4 Å². The molecule has 0 radical (unpaired) electrons. The molecule has 1 atom stereocenters. The van der Waals surface area contributed by atoms with Gasteiger partial charge in [-0.3, -0.25) is 23.4 Å². The lowest BCUT2D eigenvalue weighted by atomic mass is 9.68. The fourth-order valence-electron chi connectivity index (χ4n) is 5.08. The Balaban J connectivity index is 1.82. The van der Waals surface area contributed by atoms with Gasteiger partial charge in [-0.25, -0.2) is 13.3 Å². The zero-order chi connectivity index (χ0) is 27.3. The second-order valence-corrected chi connectivity index (χ2v) is 19.7. The fourth-order valence-corrected chi connectivity index (χ4v) is 11.1. The van der Waals surface area contributed by atoms with Gasteiger partial charge in [0.15, 0.2) is 8.24 Å². The molecule has 2 heterocycles. The first kappa shape index (κ1) is 28.6. The highest BCUT2D eigenvalue weighted by Crippen LogP contribution is 2.48. The van der Waals surface area contributed by atoms with Crippen molar-refractivity contribution < 1.29 is 9.32 Å². The number of unbranched alkanes of at least 4 members (excludes halogenated alkanes) is 1. The molecular formula is C24H44N6O4SSi. The number of aromatic nitrogens is 2. The highest BCUT2D eigenvalue weighted by Gasteiger charge is 2.49. The first-order chi connectivity index (χ1) is 16.5. The standard InChI is InChI=1S/C24H44N6O4SSi/c1-8-9-14-29-20(31)18(19(25)26)21(32)30(22(29)33)17-10-12-24(13-11-17)15-28(16-24)35(5,34)27-36(6,7)23(2,3)4/h17,31H,8-16H2,1-7H3,(H3,25,26). The molecule has 2 aliphatic rings. The number of aromatic hydroxyl groups is 1. The van der Waals surface area contributed by atoms with Crippen LogP contribution in [0, 0.1) is 10.8 Å². The molecule has 1 saturated heterocycles. The van der Waals surface area contributed by atoms with Crippen molar-refractivity contribution in [1.29, 1.82) is 5.41 Å². The Kier molecular flexibility index (Phi) is 7.76. The van der Waals surface area contributed by atoms with Crippen LogP contribution < -0.4 is 17.0 Å². The van der Waals surface area contributed by atoms with Crippen LogP contribution in [0.2, 0.25) is 18.1 Å². The van der Waals surface area contributed by atoms with E-state index in [2.05, 4.69) is 33.9 Å². The van der Waals surface area contributed by atoms with Gasteiger partial charge in [0.2, 0.25) is 5.88 Å². The quantitative estimate of drug-likeness (QED) is 0.276. The number of rotatable bonds is 7. The molecule has 0 bridgehead atoms. The SMILES string of the molecule is CCCCn1c(O)c(C(=N)N)c(=O)n(C2CCC3(CC2)CN(S(C)(=O)=N[Si](C)(C)C(C)(C)C)C3)c1=O. The lowest BCUT2D eigenvalue weighted by Crippen LogP contribution is -2.60. The van der Waals surface area contributed by atoms with E-state index in [1.54, 1.807) is 6.26 Å². The van der Waals surface area contributed by atoms with E-state index in [1.165, 1.54) is 9.13 Å². The van der Waals surface area contributed by atoms with Gasteiger partial charge >= 0.3 is 5.69 Å². The molecule has 3 rings (SSSR count). The number of hydrogen-bond donors (Lipinski definition) is 3. The first-order valence-electron chi connectivity index (χ1n) is 12.9. The van der Waals surface area contributed by atoms with Gasteiger partial charge in [-0.1, -0.05) is 34.1 Å². The maximum absolute atomic E-state index is 13.5. The number of nitrogens with zero attached hydrogens (tertiary/aromatic N) is 4. The summed E-state index contributed by atoms with van der Waals surface area (Å²) < 4.78 is 22.8. The van der Waals surface area contributed by atoms with Gasteiger partial charge in [0.25, 0.3) is 5.56 Å². The van der Waals surface area contributed by atoms with E-state index < -0.39 is 41.1 Å². The van der Waals surface area contributed by atoms with Gasteiger partial charge in [0, 0.05) is 31.9 Å². The molecule has 36 heavy (non-hydrogen) atoms. The van der Waals surface area contributed by atoms with E-state index in [-0.39, 0.29) is 28.6 Å². The summed E-state index contributed by atoms with van der Waals surface area (Å²) in [6.45, 7) is 14.5. The first-order valence-corrected chi connectivity index (χ1v) is 17.7. The summed E-state index contributed by atoms with van der Waals surface area (Å²) in [5, 5.41) is 18.4. The second-order valence-electron chi connectivity index (χ2n) is 12.3. The third-order valence-corrected chi connectivity index (χ3v) is 16.5. The molecule has 2 fully saturated rings. The smallest absolute Gasteiger partial charge is 0.334 e. The third kappa shape index (κ3) is 5.21. The van der Waals surface area contributed by atoms with Crippen molar-refractivity contribution in [1.82, 2.24) is 13.4 Å². The Morgan fingerprint density at radius 3 is 2.28 bits per heavy atom. The van der Waals surface area contributed by atoms with Gasteiger partial charge in [-0.2, -0.15) is 0 Å². The highest BCUT2D eigenvalue weighted by molar-refractivity contribution is 7.91. The minimum atomic E-state index is -2.46. The molecule has 204 valence electrons. The lowest BCUT2D eigenvalue weighted by Gasteiger charge is -2.53. The van der Waals surface area contributed by atoms with Gasteiger partial charge in [-0.15, -0.1) is 0 Å². The summed E-state index contributed by atoms with van der Waals surface area (Å²) in [5.74, 6) is -1.06. The molecule has 0 aromatic carbocycles. The number of nitrogens with one attached hydrogen (secondary N) is 1. The van der Waals surface area contributed by atoms with E-state index in [9.17, 15) is 18.9 Å². The molecule has 1 aromatic heterocycles. The van der Waals surface area contributed by atoms with Crippen molar-refractivity contribution in [2.24, 2.45) is 15.2 Å². The van der Waals surface area contributed by atoms with Crippen LogP contribution in [0.25, 0.3) is 0 Å². The Hall–Kier alpha value is -1.92. The lowest BCUT2D eigenvalue weighted by molar-refractivity contribution is 0.0185. The fraction of sp³-hybridized carbons (Fsp3) is 0.792. The van der Waals surface area contributed by atoms with Crippen molar-refractivity contribution in [3.05, 3.63) is 26.4 Å². The van der Waals surface area contributed by atoms with Crippen molar-refractivity contribution in [2.45, 2.75) is 96.9 Å². The normalized spacial score (nSPS) is 20.6. The Morgan fingerprint density at radius 1 is 1.25 bits per heavy atom. The molecule has 0 amide bonds. The minimum absolute atomic E-state index is 0.0171. The van der Waals surface area contributed by atoms with E-state index in [0.29, 0.717) is 32.4 Å². The summed E-state index contributed by atoms with van der Waals surface area (Å²) in [6.07, 6.45) is 6.09. The van der Waals surface area contributed by atoms with Crippen LogP contribution in [0.4, 0.5) is 0 Å². The van der Waals surface area contributed by atoms with Gasteiger partial charge in [0.05, 0.1) is 9.92 Å². The Labute approximate surface area is 215 Å². The molecular weight excluding hydrogens is 496 g/mol. The molecule has 1 unspecified atom stereocenters. The maximum atomic E-state index is 13.5. The van der Waals surface area contributed by atoms with Crippen LogP contribution in [-0.4, -0.2) is 56.2 Å². The summed E-state index contributed by atoms with van der Waals surface area (Å²) in [6, 6.07) is -0.320. The third-order valence-electron chi connectivity index (χ3n) is 8.47. The molecule has 10 nitrogen and oxygen atoms in total. The number of amidine groups is 1. The van der Waals surface area contributed by atoms with Crippen LogP contribution in [0.5, 0.6) is 5.88 Å². The minimum Gasteiger partial charge on any atom is -0.494 e. The zero-order valence-corrected chi connectivity index (χ0v) is 24.7. The molecule has 12 heteroatoms. The molecule has 1 aromatic rings. The predicted octanol–water partition coefficient (Wildman–Crippen LogP) is 3.23. The van der Waals surface area contributed by atoms with Crippen LogP contribution in [0.3, 0.4) is 0 Å². The van der Waals surface area contributed by atoms with Crippen LogP contribution in [0.1, 0.15) is 77.8 Å². The Bertz CT molecular complexity index is 1250. The average molecular weight is 541 g/mol. The summed E-state index contributed by atoms with van der Waals surface area (Å²) in [5.41, 5.74) is 4.09. The zero-order valence-electron chi connectivity index (χ0n) is 22.9. The largest absolute Gasteiger partial charge is 0.494 e. The van der Waals surface area contributed by atoms with E-state index >= 15 is 0 Å². The predicted molar refractivity (Wildman–Crippen MR) is 148 cm³/mol. The van der Waals surface area contributed by atoms with E-state index in [4.69, 9.17) is 15.2 Å². The monoisotopic (exact) mass is 540 g/mol. The van der Waals surface area contributed by atoms with E-state index in [1.807, 2.05) is 11.2 Å². The van der Waals surface area contributed by atoms with Crippen LogP contribution >= 0.6 is 0 Å². The Morgan fingerprint density at radius 2 is 1.81 bits per heavy atom. The molecule has 1 aliphatic carbocycles. The highest BCUT2D eigenvalue weighted by atomic mass is 32.2. The number of hydrogen-bond acceptors (Lipinski definition) is 6. The summed E-state index contributed by atoms with van der Waals surface area (Å²) >= 11 is 0. The van der Waals surface area contributed by atoms with Crippen LogP contribution in [0.15, 0.2) is 13.6 Å². The summed E-state index contributed by atoms with van der Waals surface area (Å²) in [7, 11) is -4.52.